The molecule has 0 aliphatic carbocycles. The summed E-state index contributed by atoms with van der Waals surface area (Å²) in [6, 6.07) is 5.22. The molecule has 0 saturated heterocycles. The van der Waals surface area contributed by atoms with Crippen molar-refractivity contribution in [1.29, 1.82) is 0 Å². The number of hydrogen-bond acceptors (Lipinski definition) is 2. The number of aromatic nitrogens is 1. The fourth-order valence-corrected chi connectivity index (χ4v) is 2.28. The van der Waals surface area contributed by atoms with E-state index in [1.54, 1.807) is 31.5 Å². The maximum atomic E-state index is 6.13. The summed E-state index contributed by atoms with van der Waals surface area (Å²) in [5.41, 5.74) is 1.52. The van der Waals surface area contributed by atoms with Gasteiger partial charge in [-0.2, -0.15) is 0 Å². The van der Waals surface area contributed by atoms with Gasteiger partial charge in [0.15, 0.2) is 0 Å². The molecular weight excluding hydrogens is 280 g/mol. The third kappa shape index (κ3) is 2.49. The zero-order chi connectivity index (χ0) is 12.4. The van der Waals surface area contributed by atoms with Crippen molar-refractivity contribution in [1.82, 2.24) is 4.98 Å². The van der Waals surface area contributed by atoms with Crippen molar-refractivity contribution in [2.24, 2.45) is 0 Å². The molecular formula is C12H8Cl3NO. The van der Waals surface area contributed by atoms with Crippen LogP contribution in [0.4, 0.5) is 0 Å². The van der Waals surface area contributed by atoms with Gasteiger partial charge in [0.2, 0.25) is 0 Å². The minimum atomic E-state index is 0.441. The Bertz CT molecular complexity index is 557. The van der Waals surface area contributed by atoms with Crippen molar-refractivity contribution in [3.8, 4) is 16.9 Å². The smallest absolute Gasteiger partial charge is 0.148 e. The Hall–Kier alpha value is -0.960. The third-order valence-corrected chi connectivity index (χ3v) is 3.10. The van der Waals surface area contributed by atoms with Crippen LogP contribution in [0.5, 0.6) is 5.75 Å². The highest BCUT2D eigenvalue weighted by molar-refractivity contribution is 6.37. The van der Waals surface area contributed by atoms with Crippen LogP contribution in [-0.2, 0) is 0 Å². The molecule has 2 nitrogen and oxygen atoms in total. The Labute approximate surface area is 114 Å². The molecule has 0 spiro atoms. The first-order valence-corrected chi connectivity index (χ1v) is 5.89. The molecule has 0 N–H and O–H groups in total. The highest BCUT2D eigenvalue weighted by atomic mass is 35.5. The highest BCUT2D eigenvalue weighted by Crippen LogP contribution is 2.38. The Balaban J connectivity index is 2.64. The molecule has 1 aromatic carbocycles. The fraction of sp³-hybridized carbons (Fsp3) is 0.0833. The topological polar surface area (TPSA) is 22.1 Å². The van der Waals surface area contributed by atoms with Gasteiger partial charge < -0.3 is 4.74 Å². The van der Waals surface area contributed by atoms with Crippen LogP contribution in [0.3, 0.4) is 0 Å². The van der Waals surface area contributed by atoms with E-state index < -0.39 is 0 Å². The largest absolute Gasteiger partial charge is 0.494 e. The summed E-state index contributed by atoms with van der Waals surface area (Å²) < 4.78 is 5.25. The van der Waals surface area contributed by atoms with Crippen LogP contribution in [0, 0.1) is 0 Å². The molecule has 0 unspecified atom stereocenters. The molecule has 0 fully saturated rings. The summed E-state index contributed by atoms with van der Waals surface area (Å²) in [6.45, 7) is 0. The van der Waals surface area contributed by atoms with Crippen LogP contribution in [-0.4, -0.2) is 12.1 Å². The molecule has 0 saturated carbocycles. The Morgan fingerprint density at radius 1 is 1.00 bits per heavy atom. The SMILES string of the molecule is COc1c(Cl)cncc1-c1ccc(Cl)cc1Cl. The zero-order valence-corrected chi connectivity index (χ0v) is 11.1. The lowest BCUT2D eigenvalue weighted by atomic mass is 10.1. The molecule has 5 heteroatoms. The second-order valence-corrected chi connectivity index (χ2v) is 4.58. The number of methoxy groups -OCH3 is 1. The lowest BCUT2D eigenvalue weighted by molar-refractivity contribution is 0.416. The van der Waals surface area contributed by atoms with E-state index in [1.807, 2.05) is 0 Å². The van der Waals surface area contributed by atoms with E-state index >= 15 is 0 Å². The monoisotopic (exact) mass is 287 g/mol. The van der Waals surface area contributed by atoms with Crippen LogP contribution in [0.1, 0.15) is 0 Å². The summed E-state index contributed by atoms with van der Waals surface area (Å²) in [5.74, 6) is 0.547. The Morgan fingerprint density at radius 3 is 2.41 bits per heavy atom. The fourth-order valence-electron chi connectivity index (χ4n) is 1.53. The maximum Gasteiger partial charge on any atom is 0.148 e. The summed E-state index contributed by atoms with van der Waals surface area (Å²) in [7, 11) is 1.55. The van der Waals surface area contributed by atoms with Gasteiger partial charge in [0.05, 0.1) is 12.1 Å². The Kier molecular flexibility index (Phi) is 3.77. The second-order valence-electron chi connectivity index (χ2n) is 3.33. The molecule has 2 aromatic rings. The first-order chi connectivity index (χ1) is 8.13. The normalized spacial score (nSPS) is 10.4. The van der Waals surface area contributed by atoms with E-state index in [9.17, 15) is 0 Å². The van der Waals surface area contributed by atoms with Gasteiger partial charge in [-0.15, -0.1) is 0 Å². The van der Waals surface area contributed by atoms with Gasteiger partial charge in [0.1, 0.15) is 10.8 Å². The summed E-state index contributed by atoms with van der Waals surface area (Å²) in [4.78, 5) is 4.03. The molecule has 1 aromatic heterocycles. The summed E-state index contributed by atoms with van der Waals surface area (Å²) in [6.07, 6.45) is 3.17. The average molecular weight is 289 g/mol. The molecule has 2 rings (SSSR count). The van der Waals surface area contributed by atoms with Gasteiger partial charge in [0.25, 0.3) is 0 Å². The first-order valence-electron chi connectivity index (χ1n) is 4.76. The minimum Gasteiger partial charge on any atom is -0.494 e. The van der Waals surface area contributed by atoms with Crippen molar-refractivity contribution >= 4 is 34.8 Å². The number of hydrogen-bond donors (Lipinski definition) is 0. The Morgan fingerprint density at radius 2 is 1.76 bits per heavy atom. The van der Waals surface area contributed by atoms with Crippen molar-refractivity contribution in [2.75, 3.05) is 7.11 Å². The van der Waals surface area contributed by atoms with Crippen molar-refractivity contribution in [2.45, 2.75) is 0 Å². The number of nitrogens with zero attached hydrogens (tertiary/aromatic N) is 1. The van der Waals surface area contributed by atoms with E-state index in [0.29, 0.717) is 20.8 Å². The van der Waals surface area contributed by atoms with E-state index in [4.69, 9.17) is 39.5 Å². The molecule has 0 amide bonds. The number of pyridine rings is 1. The van der Waals surface area contributed by atoms with Crippen molar-refractivity contribution in [3.05, 3.63) is 45.7 Å². The summed E-state index contributed by atoms with van der Waals surface area (Å²) >= 11 is 18.0. The number of rotatable bonds is 2. The molecule has 17 heavy (non-hydrogen) atoms. The number of benzene rings is 1. The van der Waals surface area contributed by atoms with Gasteiger partial charge in [-0.1, -0.05) is 40.9 Å². The van der Waals surface area contributed by atoms with Crippen LogP contribution in [0.25, 0.3) is 11.1 Å². The molecule has 88 valence electrons. The second kappa shape index (κ2) is 5.13. The lowest BCUT2D eigenvalue weighted by Crippen LogP contribution is -1.91. The van der Waals surface area contributed by atoms with Gasteiger partial charge in [-0.3, -0.25) is 4.98 Å². The lowest BCUT2D eigenvalue weighted by Gasteiger charge is -2.11. The van der Waals surface area contributed by atoms with Crippen LogP contribution < -0.4 is 4.74 Å². The van der Waals surface area contributed by atoms with Gasteiger partial charge in [-0.05, 0) is 12.1 Å². The number of ether oxygens (including phenoxy) is 1. The van der Waals surface area contributed by atoms with Crippen LogP contribution in [0.2, 0.25) is 15.1 Å². The maximum absolute atomic E-state index is 6.13. The molecule has 0 aliphatic heterocycles. The molecule has 0 bridgehead atoms. The van der Waals surface area contributed by atoms with Gasteiger partial charge >= 0.3 is 0 Å². The van der Waals surface area contributed by atoms with Crippen molar-refractivity contribution < 1.29 is 4.74 Å². The van der Waals surface area contributed by atoms with Gasteiger partial charge in [-0.25, -0.2) is 0 Å². The predicted octanol–water partition coefficient (Wildman–Crippen LogP) is 4.72. The van der Waals surface area contributed by atoms with E-state index in [-0.39, 0.29) is 0 Å². The highest BCUT2D eigenvalue weighted by Gasteiger charge is 2.13. The minimum absolute atomic E-state index is 0.441. The molecule has 0 radical (unpaired) electrons. The molecule has 0 aliphatic rings. The molecule has 0 atom stereocenters. The van der Waals surface area contributed by atoms with Crippen molar-refractivity contribution in [3.63, 3.8) is 0 Å². The summed E-state index contributed by atoms with van der Waals surface area (Å²) in [5, 5.41) is 1.54. The predicted molar refractivity (Wildman–Crippen MR) is 71.3 cm³/mol. The molecule has 1 heterocycles. The first kappa shape index (κ1) is 12.5. The van der Waals surface area contributed by atoms with Crippen LogP contribution in [0.15, 0.2) is 30.6 Å². The van der Waals surface area contributed by atoms with Gasteiger partial charge in [0, 0.05) is 28.5 Å². The van der Waals surface area contributed by atoms with E-state index in [0.717, 1.165) is 11.1 Å². The third-order valence-electron chi connectivity index (χ3n) is 2.28. The number of halogens is 3. The average Bonchev–Trinajstić information content (AvgIpc) is 2.29. The zero-order valence-electron chi connectivity index (χ0n) is 8.88. The van der Waals surface area contributed by atoms with E-state index in [2.05, 4.69) is 4.98 Å². The quantitative estimate of drug-likeness (QED) is 0.798. The van der Waals surface area contributed by atoms with E-state index in [1.165, 1.54) is 6.20 Å². The standard InChI is InChI=1S/C12H8Cl3NO/c1-17-12-9(5-16-6-11(12)15)8-3-2-7(13)4-10(8)14/h2-6H,1H3. The van der Waals surface area contributed by atoms with Crippen LogP contribution >= 0.6 is 34.8 Å².